The van der Waals surface area contributed by atoms with E-state index in [4.69, 9.17) is 14.0 Å². The van der Waals surface area contributed by atoms with Crippen LogP contribution in [0.15, 0.2) is 34.9 Å². The van der Waals surface area contributed by atoms with Crippen molar-refractivity contribution in [3.05, 3.63) is 41.7 Å². The second-order valence-electron chi connectivity index (χ2n) is 6.15. The summed E-state index contributed by atoms with van der Waals surface area (Å²) in [6.07, 6.45) is 0.848. The molecule has 1 saturated heterocycles. The number of hydrogen-bond donors (Lipinski definition) is 1. The average Bonchev–Trinajstić information content (AvgIpc) is 3.00. The SMILES string of the molecule is COc1cccc(C[C@H]2CN(CC(=O)Nc3cc(C)on3)CCO2)c1. The Kier molecular flexibility index (Phi) is 5.67. The predicted octanol–water partition coefficient (Wildman–Crippen LogP) is 1.87. The number of aromatic nitrogens is 1. The van der Waals surface area contributed by atoms with Crippen LogP contribution in [0.1, 0.15) is 11.3 Å². The lowest BCUT2D eigenvalue weighted by Crippen LogP contribution is -2.46. The number of anilines is 1. The molecule has 1 aliphatic rings. The van der Waals surface area contributed by atoms with Crippen LogP contribution in [0.3, 0.4) is 0 Å². The maximum Gasteiger partial charge on any atom is 0.239 e. The number of carbonyl (C=O) groups is 1. The Balaban J connectivity index is 1.51. The van der Waals surface area contributed by atoms with Gasteiger partial charge in [-0.2, -0.15) is 0 Å². The van der Waals surface area contributed by atoms with E-state index in [-0.39, 0.29) is 12.0 Å². The van der Waals surface area contributed by atoms with E-state index in [1.54, 1.807) is 20.1 Å². The average molecular weight is 345 g/mol. The lowest BCUT2D eigenvalue weighted by atomic mass is 10.1. The fraction of sp³-hybridized carbons (Fsp3) is 0.444. The summed E-state index contributed by atoms with van der Waals surface area (Å²) >= 11 is 0. The van der Waals surface area contributed by atoms with Gasteiger partial charge >= 0.3 is 0 Å². The van der Waals surface area contributed by atoms with Gasteiger partial charge in [-0.05, 0) is 24.6 Å². The normalized spacial score (nSPS) is 18.1. The van der Waals surface area contributed by atoms with Crippen molar-refractivity contribution in [3.8, 4) is 5.75 Å². The third-order valence-electron chi connectivity index (χ3n) is 4.08. The number of methoxy groups -OCH3 is 1. The van der Waals surface area contributed by atoms with Crippen LogP contribution in [0.2, 0.25) is 0 Å². The molecule has 0 aliphatic carbocycles. The van der Waals surface area contributed by atoms with Gasteiger partial charge in [-0.15, -0.1) is 0 Å². The van der Waals surface area contributed by atoms with Gasteiger partial charge in [0, 0.05) is 25.6 Å². The molecule has 3 rings (SSSR count). The van der Waals surface area contributed by atoms with E-state index in [0.717, 1.165) is 24.3 Å². The molecule has 1 aromatic heterocycles. The first-order chi connectivity index (χ1) is 12.1. The van der Waals surface area contributed by atoms with Crippen LogP contribution in [-0.4, -0.2) is 55.4 Å². The van der Waals surface area contributed by atoms with E-state index in [9.17, 15) is 4.79 Å². The van der Waals surface area contributed by atoms with E-state index in [2.05, 4.69) is 21.4 Å². The molecule has 1 aliphatic heterocycles. The molecule has 0 spiro atoms. The van der Waals surface area contributed by atoms with Gasteiger partial charge in [-0.1, -0.05) is 17.3 Å². The topological polar surface area (TPSA) is 76.8 Å². The Bertz CT molecular complexity index is 716. The minimum absolute atomic E-state index is 0.0583. The van der Waals surface area contributed by atoms with Gasteiger partial charge in [-0.25, -0.2) is 0 Å². The van der Waals surface area contributed by atoms with Gasteiger partial charge in [-0.3, -0.25) is 9.69 Å². The Hall–Kier alpha value is -2.38. The maximum atomic E-state index is 12.1. The summed E-state index contributed by atoms with van der Waals surface area (Å²) in [5.41, 5.74) is 1.16. The van der Waals surface area contributed by atoms with Gasteiger partial charge in [0.25, 0.3) is 0 Å². The van der Waals surface area contributed by atoms with Crippen LogP contribution in [0.25, 0.3) is 0 Å². The summed E-state index contributed by atoms with van der Waals surface area (Å²) in [6.45, 7) is 4.16. The third kappa shape index (κ3) is 5.04. The van der Waals surface area contributed by atoms with E-state index < -0.39 is 0 Å². The van der Waals surface area contributed by atoms with Gasteiger partial charge in [0.2, 0.25) is 5.91 Å². The highest BCUT2D eigenvalue weighted by Crippen LogP contribution is 2.17. The molecule has 1 fully saturated rings. The quantitative estimate of drug-likeness (QED) is 0.861. The van der Waals surface area contributed by atoms with Crippen molar-refractivity contribution < 1.29 is 18.8 Å². The number of morpholine rings is 1. The first kappa shape index (κ1) is 17.4. The van der Waals surface area contributed by atoms with Crippen molar-refractivity contribution in [2.24, 2.45) is 0 Å². The molecule has 25 heavy (non-hydrogen) atoms. The number of ether oxygens (including phenoxy) is 2. The largest absolute Gasteiger partial charge is 0.497 e. The van der Waals surface area contributed by atoms with E-state index in [1.165, 1.54) is 0 Å². The van der Waals surface area contributed by atoms with Crippen molar-refractivity contribution in [1.82, 2.24) is 10.1 Å². The number of rotatable bonds is 6. The third-order valence-corrected chi connectivity index (χ3v) is 4.08. The van der Waals surface area contributed by atoms with E-state index >= 15 is 0 Å². The number of carbonyl (C=O) groups excluding carboxylic acids is 1. The molecule has 7 nitrogen and oxygen atoms in total. The summed E-state index contributed by atoms with van der Waals surface area (Å²) < 4.78 is 16.1. The lowest BCUT2D eigenvalue weighted by Gasteiger charge is -2.32. The molecule has 0 bridgehead atoms. The molecule has 1 N–H and O–H groups in total. The second-order valence-corrected chi connectivity index (χ2v) is 6.15. The zero-order valence-corrected chi connectivity index (χ0v) is 14.5. The zero-order valence-electron chi connectivity index (χ0n) is 14.5. The molecule has 2 aromatic rings. The minimum Gasteiger partial charge on any atom is -0.497 e. The molecule has 1 amide bonds. The highest BCUT2D eigenvalue weighted by Gasteiger charge is 2.23. The first-order valence-electron chi connectivity index (χ1n) is 8.32. The van der Waals surface area contributed by atoms with Crippen molar-refractivity contribution in [2.45, 2.75) is 19.4 Å². The Morgan fingerprint density at radius 1 is 1.44 bits per heavy atom. The van der Waals surface area contributed by atoms with Gasteiger partial charge in [0.1, 0.15) is 11.5 Å². The monoisotopic (exact) mass is 345 g/mol. The molecule has 0 saturated carbocycles. The Morgan fingerprint density at radius 2 is 2.32 bits per heavy atom. The maximum absolute atomic E-state index is 12.1. The molecule has 134 valence electrons. The standard InChI is InChI=1S/C18H23N3O4/c1-13-8-17(20-25-13)19-18(22)12-21-6-7-24-16(11-21)10-14-4-3-5-15(9-14)23-2/h3-5,8-9,16H,6-7,10-12H2,1-2H3,(H,19,20,22)/t16-/m0/s1. The summed E-state index contributed by atoms with van der Waals surface area (Å²) in [4.78, 5) is 14.2. The summed E-state index contributed by atoms with van der Waals surface area (Å²) in [5.74, 6) is 1.85. The number of hydrogen-bond acceptors (Lipinski definition) is 6. The second kappa shape index (κ2) is 8.13. The molecule has 1 atom stereocenters. The van der Waals surface area contributed by atoms with Crippen LogP contribution in [-0.2, 0) is 16.0 Å². The number of amides is 1. The van der Waals surface area contributed by atoms with Crippen LogP contribution in [0, 0.1) is 6.92 Å². The summed E-state index contributed by atoms with van der Waals surface area (Å²) in [6, 6.07) is 9.67. The van der Waals surface area contributed by atoms with Crippen LogP contribution in [0.4, 0.5) is 5.82 Å². The van der Waals surface area contributed by atoms with Crippen LogP contribution >= 0.6 is 0 Å². The summed E-state index contributed by atoms with van der Waals surface area (Å²) in [5, 5.41) is 6.52. The van der Waals surface area contributed by atoms with Crippen LogP contribution in [0.5, 0.6) is 5.75 Å². The molecule has 0 unspecified atom stereocenters. The Morgan fingerprint density at radius 3 is 3.08 bits per heavy atom. The lowest BCUT2D eigenvalue weighted by molar-refractivity contribution is -0.119. The number of nitrogens with one attached hydrogen (secondary N) is 1. The van der Waals surface area contributed by atoms with Crippen molar-refractivity contribution in [2.75, 3.05) is 38.7 Å². The molecular weight excluding hydrogens is 322 g/mol. The minimum atomic E-state index is -0.102. The van der Waals surface area contributed by atoms with Gasteiger partial charge in [0.15, 0.2) is 5.82 Å². The highest BCUT2D eigenvalue weighted by molar-refractivity contribution is 5.91. The van der Waals surface area contributed by atoms with Gasteiger partial charge in [0.05, 0.1) is 26.4 Å². The molecule has 2 heterocycles. The number of aryl methyl sites for hydroxylation is 1. The first-order valence-corrected chi connectivity index (χ1v) is 8.32. The number of nitrogens with zero attached hydrogens (tertiary/aromatic N) is 2. The summed E-state index contributed by atoms with van der Waals surface area (Å²) in [7, 11) is 1.66. The predicted molar refractivity (Wildman–Crippen MR) is 92.7 cm³/mol. The van der Waals surface area contributed by atoms with Gasteiger partial charge < -0.3 is 19.3 Å². The molecule has 7 heteroatoms. The van der Waals surface area contributed by atoms with E-state index in [1.807, 2.05) is 18.2 Å². The van der Waals surface area contributed by atoms with Crippen molar-refractivity contribution in [1.29, 1.82) is 0 Å². The van der Waals surface area contributed by atoms with Crippen LogP contribution < -0.4 is 10.1 Å². The fourth-order valence-electron chi connectivity index (χ4n) is 2.92. The molecule has 1 aromatic carbocycles. The smallest absolute Gasteiger partial charge is 0.239 e. The zero-order chi connectivity index (χ0) is 17.6. The van der Waals surface area contributed by atoms with Crippen molar-refractivity contribution in [3.63, 3.8) is 0 Å². The number of benzene rings is 1. The fourth-order valence-corrected chi connectivity index (χ4v) is 2.92. The Labute approximate surface area is 146 Å². The highest BCUT2D eigenvalue weighted by atomic mass is 16.5. The van der Waals surface area contributed by atoms with E-state index in [0.29, 0.717) is 31.3 Å². The molecular formula is C18H23N3O4. The van der Waals surface area contributed by atoms with Crippen molar-refractivity contribution >= 4 is 11.7 Å². The molecule has 0 radical (unpaired) electrons.